The molecular weight excluding hydrogens is 244 g/mol. The Balaban J connectivity index is 2.17. The molecule has 0 aliphatic carbocycles. The summed E-state index contributed by atoms with van der Waals surface area (Å²) in [4.78, 5) is 24.7. The fourth-order valence-corrected chi connectivity index (χ4v) is 1.78. The lowest BCUT2D eigenvalue weighted by atomic mass is 10.2. The van der Waals surface area contributed by atoms with Gasteiger partial charge in [0.1, 0.15) is 6.10 Å². The number of H-pyrrole nitrogens is 1. The van der Waals surface area contributed by atoms with E-state index in [9.17, 15) is 14.7 Å². The molecule has 2 heterocycles. The van der Waals surface area contributed by atoms with Crippen molar-refractivity contribution in [2.45, 2.75) is 31.8 Å². The molecule has 4 N–H and O–H groups in total. The van der Waals surface area contributed by atoms with Gasteiger partial charge < -0.3 is 14.9 Å². The van der Waals surface area contributed by atoms with Crippen LogP contribution in [0.3, 0.4) is 0 Å². The molecule has 9 heteroatoms. The highest BCUT2D eigenvalue weighted by molar-refractivity contribution is 5.86. The van der Waals surface area contributed by atoms with Gasteiger partial charge in [-0.15, -0.1) is 5.10 Å². The second kappa shape index (κ2) is 4.88. The summed E-state index contributed by atoms with van der Waals surface area (Å²) in [6, 6.07) is 0. The number of nitrogens with zero attached hydrogens (tertiary/aromatic N) is 2. The van der Waals surface area contributed by atoms with Gasteiger partial charge in [-0.3, -0.25) is 15.1 Å². The molecule has 0 aromatic carbocycles. The van der Waals surface area contributed by atoms with Crippen molar-refractivity contribution in [3.63, 3.8) is 0 Å². The summed E-state index contributed by atoms with van der Waals surface area (Å²) in [5.74, 6) is -0.352. The summed E-state index contributed by atoms with van der Waals surface area (Å²) < 4.78 is 6.27. The fourth-order valence-electron chi connectivity index (χ4n) is 1.78. The van der Waals surface area contributed by atoms with E-state index in [0.29, 0.717) is 0 Å². The average Bonchev–Trinajstić information content (AvgIpc) is 2.81. The molecule has 0 unspecified atom stereocenters. The molecule has 1 saturated heterocycles. The van der Waals surface area contributed by atoms with Gasteiger partial charge in [0.25, 0.3) is 0 Å². The number of rotatable bonds is 3. The molecule has 0 radical (unpaired) electrons. The molecule has 100 valence electrons. The molecule has 0 spiro atoms. The fraction of sp³-hybridized carbons (Fsp3) is 0.667. The standard InChI is InChI=1S/C9H14N4O5/c1-4(15)10-8-11-9(17)13(12-8)7-2-5(16)6(3-14)18-7/h5-7,14,16H,2-3H2,1H3,(H2,10,11,12,15,17)/t5-,6+,7+/m0/s1. The first-order chi connectivity index (χ1) is 8.51. The van der Waals surface area contributed by atoms with Crippen molar-refractivity contribution in [1.82, 2.24) is 14.8 Å². The molecule has 2 rings (SSSR count). The third-order valence-electron chi connectivity index (χ3n) is 2.59. The summed E-state index contributed by atoms with van der Waals surface area (Å²) in [5, 5.41) is 24.7. The number of amides is 1. The first-order valence-corrected chi connectivity index (χ1v) is 5.42. The zero-order valence-corrected chi connectivity index (χ0v) is 9.66. The van der Waals surface area contributed by atoms with Gasteiger partial charge in [-0.2, -0.15) is 4.68 Å². The first-order valence-electron chi connectivity index (χ1n) is 5.42. The number of aromatic amines is 1. The zero-order chi connectivity index (χ0) is 13.3. The van der Waals surface area contributed by atoms with Crippen molar-refractivity contribution >= 4 is 11.9 Å². The van der Waals surface area contributed by atoms with Crippen LogP contribution in [0.5, 0.6) is 0 Å². The monoisotopic (exact) mass is 258 g/mol. The van der Waals surface area contributed by atoms with Gasteiger partial charge >= 0.3 is 5.69 Å². The van der Waals surface area contributed by atoms with Crippen LogP contribution in [0, 0.1) is 0 Å². The minimum absolute atomic E-state index is 0.0121. The van der Waals surface area contributed by atoms with Crippen LogP contribution in [-0.4, -0.2) is 49.7 Å². The van der Waals surface area contributed by atoms with Crippen LogP contribution in [0.4, 0.5) is 5.95 Å². The number of ether oxygens (including phenoxy) is 1. The van der Waals surface area contributed by atoms with Crippen molar-refractivity contribution < 1.29 is 19.7 Å². The molecule has 0 saturated carbocycles. The molecular formula is C9H14N4O5. The third-order valence-corrected chi connectivity index (χ3v) is 2.59. The number of hydrogen-bond acceptors (Lipinski definition) is 6. The van der Waals surface area contributed by atoms with Crippen molar-refractivity contribution in [2.75, 3.05) is 11.9 Å². The molecule has 1 fully saturated rings. The molecule has 1 aliphatic rings. The topological polar surface area (TPSA) is 129 Å². The Bertz CT molecular complexity index is 495. The van der Waals surface area contributed by atoms with E-state index in [1.54, 1.807) is 0 Å². The van der Waals surface area contributed by atoms with Crippen molar-refractivity contribution in [2.24, 2.45) is 0 Å². The van der Waals surface area contributed by atoms with Crippen LogP contribution in [-0.2, 0) is 9.53 Å². The summed E-state index contributed by atoms with van der Waals surface area (Å²) in [6.45, 7) is 0.949. The number of carbonyl (C=O) groups excluding carboxylic acids is 1. The van der Waals surface area contributed by atoms with Crippen LogP contribution in [0.2, 0.25) is 0 Å². The van der Waals surface area contributed by atoms with Gasteiger partial charge in [0.15, 0.2) is 6.23 Å². The Labute approximate surface area is 101 Å². The summed E-state index contributed by atoms with van der Waals surface area (Å²) in [7, 11) is 0. The Morgan fingerprint density at radius 3 is 3.00 bits per heavy atom. The molecule has 1 amide bonds. The Morgan fingerprint density at radius 1 is 1.72 bits per heavy atom. The minimum Gasteiger partial charge on any atom is -0.394 e. The minimum atomic E-state index is -0.854. The lowest BCUT2D eigenvalue weighted by Gasteiger charge is -2.10. The van der Waals surface area contributed by atoms with Gasteiger partial charge in [-0.05, 0) is 0 Å². The zero-order valence-electron chi connectivity index (χ0n) is 9.66. The van der Waals surface area contributed by atoms with Crippen LogP contribution in [0.15, 0.2) is 4.79 Å². The van der Waals surface area contributed by atoms with Crippen molar-refractivity contribution in [1.29, 1.82) is 0 Å². The molecule has 0 bridgehead atoms. The summed E-state index contributed by atoms with van der Waals surface area (Å²) >= 11 is 0. The van der Waals surface area contributed by atoms with Gasteiger partial charge in [0.2, 0.25) is 11.9 Å². The van der Waals surface area contributed by atoms with E-state index in [1.807, 2.05) is 0 Å². The van der Waals surface area contributed by atoms with E-state index in [0.717, 1.165) is 4.68 Å². The second-order valence-corrected chi connectivity index (χ2v) is 4.02. The average molecular weight is 258 g/mol. The first kappa shape index (κ1) is 12.7. The molecule has 1 aromatic heterocycles. The van der Waals surface area contributed by atoms with E-state index < -0.39 is 24.1 Å². The largest absolute Gasteiger partial charge is 0.394 e. The van der Waals surface area contributed by atoms with Gasteiger partial charge in [0, 0.05) is 13.3 Å². The van der Waals surface area contributed by atoms with E-state index >= 15 is 0 Å². The van der Waals surface area contributed by atoms with Crippen LogP contribution < -0.4 is 11.0 Å². The van der Waals surface area contributed by atoms with Crippen LogP contribution in [0.1, 0.15) is 19.6 Å². The maximum atomic E-state index is 11.6. The number of aliphatic hydroxyl groups is 2. The number of nitrogens with one attached hydrogen (secondary N) is 2. The Kier molecular flexibility index (Phi) is 3.45. The maximum absolute atomic E-state index is 11.6. The van der Waals surface area contributed by atoms with Gasteiger partial charge in [-0.1, -0.05) is 0 Å². The smallest absolute Gasteiger partial charge is 0.347 e. The summed E-state index contributed by atoms with van der Waals surface area (Å²) in [5.41, 5.74) is -0.561. The van der Waals surface area contributed by atoms with Crippen molar-refractivity contribution in [3.8, 4) is 0 Å². The highest BCUT2D eigenvalue weighted by atomic mass is 16.5. The van der Waals surface area contributed by atoms with E-state index in [-0.39, 0.29) is 24.9 Å². The molecule has 1 aliphatic heterocycles. The van der Waals surface area contributed by atoms with Crippen molar-refractivity contribution in [3.05, 3.63) is 10.5 Å². The number of aliphatic hydroxyl groups excluding tert-OH is 2. The van der Waals surface area contributed by atoms with Gasteiger partial charge in [-0.25, -0.2) is 4.79 Å². The SMILES string of the molecule is CC(=O)Nc1nn([C@H]2C[C@H](O)[C@@H](CO)O2)c(=O)[nH]1. The molecule has 3 atom stereocenters. The quantitative estimate of drug-likeness (QED) is 0.504. The van der Waals surface area contributed by atoms with Crippen LogP contribution >= 0.6 is 0 Å². The Hall–Kier alpha value is -1.71. The highest BCUT2D eigenvalue weighted by Crippen LogP contribution is 2.26. The lowest BCUT2D eigenvalue weighted by molar-refractivity contribution is -0.114. The third kappa shape index (κ3) is 2.42. The number of aromatic nitrogens is 3. The lowest BCUT2D eigenvalue weighted by Crippen LogP contribution is -2.25. The molecule has 18 heavy (non-hydrogen) atoms. The molecule has 1 aromatic rings. The van der Waals surface area contributed by atoms with Gasteiger partial charge in [0.05, 0.1) is 12.7 Å². The number of carbonyl (C=O) groups is 1. The molecule has 9 nitrogen and oxygen atoms in total. The predicted octanol–water partition coefficient (Wildman–Crippen LogP) is -1.83. The number of hydrogen-bond donors (Lipinski definition) is 4. The van der Waals surface area contributed by atoms with Crippen LogP contribution in [0.25, 0.3) is 0 Å². The maximum Gasteiger partial charge on any atom is 0.347 e. The predicted molar refractivity (Wildman–Crippen MR) is 58.8 cm³/mol. The van der Waals surface area contributed by atoms with E-state index in [1.165, 1.54) is 6.92 Å². The highest BCUT2D eigenvalue weighted by Gasteiger charge is 2.36. The Morgan fingerprint density at radius 2 is 2.44 bits per heavy atom. The summed E-state index contributed by atoms with van der Waals surface area (Å²) in [6.07, 6.45) is -2.20. The van der Waals surface area contributed by atoms with E-state index in [2.05, 4.69) is 15.4 Å². The normalized spacial score (nSPS) is 27.4. The number of anilines is 1. The van der Waals surface area contributed by atoms with E-state index in [4.69, 9.17) is 9.84 Å². The second-order valence-electron chi connectivity index (χ2n) is 4.02.